The Hall–Kier alpha value is -1.47. The van der Waals surface area contributed by atoms with Crippen LogP contribution >= 0.6 is 11.6 Å². The van der Waals surface area contributed by atoms with Crippen LogP contribution in [0.3, 0.4) is 0 Å². The SMILES string of the molecule is Cc1nc(Cl)nc(NCC(C)O)c1[N+](=O)[O-]. The lowest BCUT2D eigenvalue weighted by atomic mass is 10.3. The van der Waals surface area contributed by atoms with Gasteiger partial charge in [-0.2, -0.15) is 4.98 Å². The van der Waals surface area contributed by atoms with Gasteiger partial charge in [-0.05, 0) is 25.4 Å². The lowest BCUT2D eigenvalue weighted by Gasteiger charge is -2.08. The summed E-state index contributed by atoms with van der Waals surface area (Å²) in [6.45, 7) is 3.17. The van der Waals surface area contributed by atoms with Gasteiger partial charge >= 0.3 is 5.69 Å². The molecule has 16 heavy (non-hydrogen) atoms. The van der Waals surface area contributed by atoms with Gasteiger partial charge in [-0.15, -0.1) is 0 Å². The number of aromatic nitrogens is 2. The zero-order valence-electron chi connectivity index (χ0n) is 8.77. The summed E-state index contributed by atoms with van der Waals surface area (Å²) < 4.78 is 0. The molecule has 0 saturated heterocycles. The summed E-state index contributed by atoms with van der Waals surface area (Å²) in [5, 5.41) is 22.4. The Morgan fingerprint density at radius 1 is 1.62 bits per heavy atom. The number of aryl methyl sites for hydroxylation is 1. The Morgan fingerprint density at radius 2 is 2.25 bits per heavy atom. The van der Waals surface area contributed by atoms with Crippen LogP contribution in [0.1, 0.15) is 12.6 Å². The molecule has 2 N–H and O–H groups in total. The topological polar surface area (TPSA) is 101 Å². The third kappa shape index (κ3) is 3.01. The van der Waals surface area contributed by atoms with Crippen molar-refractivity contribution < 1.29 is 10.0 Å². The fourth-order valence-electron chi connectivity index (χ4n) is 1.12. The summed E-state index contributed by atoms with van der Waals surface area (Å²) >= 11 is 5.59. The largest absolute Gasteiger partial charge is 0.392 e. The molecule has 0 saturated carbocycles. The van der Waals surface area contributed by atoms with Gasteiger partial charge in [0.25, 0.3) is 0 Å². The smallest absolute Gasteiger partial charge is 0.332 e. The molecule has 1 atom stereocenters. The fraction of sp³-hybridized carbons (Fsp3) is 0.500. The third-order valence-electron chi connectivity index (χ3n) is 1.78. The van der Waals surface area contributed by atoms with Gasteiger partial charge in [0.05, 0.1) is 11.0 Å². The van der Waals surface area contributed by atoms with E-state index in [1.807, 2.05) is 0 Å². The average molecular weight is 247 g/mol. The zero-order valence-corrected chi connectivity index (χ0v) is 9.52. The minimum atomic E-state index is -0.645. The molecule has 0 spiro atoms. The first-order chi connectivity index (χ1) is 7.41. The van der Waals surface area contributed by atoms with Crippen LogP contribution in [-0.4, -0.2) is 32.6 Å². The molecule has 0 aliphatic heterocycles. The minimum Gasteiger partial charge on any atom is -0.392 e. The molecule has 0 fully saturated rings. The van der Waals surface area contributed by atoms with Gasteiger partial charge in [0.1, 0.15) is 5.69 Å². The Morgan fingerprint density at radius 3 is 2.75 bits per heavy atom. The lowest BCUT2D eigenvalue weighted by Crippen LogP contribution is -2.17. The number of anilines is 1. The number of nitrogens with zero attached hydrogens (tertiary/aromatic N) is 3. The number of halogens is 1. The zero-order chi connectivity index (χ0) is 12.3. The maximum atomic E-state index is 10.8. The average Bonchev–Trinajstić information content (AvgIpc) is 2.12. The normalized spacial score (nSPS) is 12.2. The van der Waals surface area contributed by atoms with Crippen LogP contribution in [0.25, 0.3) is 0 Å². The quantitative estimate of drug-likeness (QED) is 0.469. The number of hydrogen-bond acceptors (Lipinski definition) is 6. The van der Waals surface area contributed by atoms with Crippen molar-refractivity contribution in [1.82, 2.24) is 9.97 Å². The molecule has 0 aromatic carbocycles. The molecule has 0 radical (unpaired) electrons. The van der Waals surface area contributed by atoms with Crippen LogP contribution in [0.4, 0.5) is 11.5 Å². The lowest BCUT2D eigenvalue weighted by molar-refractivity contribution is -0.385. The fourth-order valence-corrected chi connectivity index (χ4v) is 1.33. The molecular weight excluding hydrogens is 236 g/mol. The molecule has 0 aliphatic carbocycles. The van der Waals surface area contributed by atoms with Gasteiger partial charge in [-0.3, -0.25) is 10.1 Å². The van der Waals surface area contributed by atoms with Crippen LogP contribution in [0, 0.1) is 17.0 Å². The maximum absolute atomic E-state index is 10.8. The van der Waals surface area contributed by atoms with E-state index in [1.54, 1.807) is 6.92 Å². The van der Waals surface area contributed by atoms with Gasteiger partial charge in [0, 0.05) is 6.54 Å². The predicted molar refractivity (Wildman–Crippen MR) is 58.6 cm³/mol. The Bertz CT molecular complexity index is 411. The molecule has 7 nitrogen and oxygen atoms in total. The second-order valence-corrected chi connectivity index (χ2v) is 3.60. The molecular formula is C8H11ClN4O3. The van der Waals surface area contributed by atoms with E-state index >= 15 is 0 Å². The van der Waals surface area contributed by atoms with Gasteiger partial charge in [0.15, 0.2) is 0 Å². The highest BCUT2D eigenvalue weighted by Crippen LogP contribution is 2.26. The molecule has 1 rings (SSSR count). The van der Waals surface area contributed by atoms with Crippen LogP contribution in [0.2, 0.25) is 5.28 Å². The van der Waals surface area contributed by atoms with E-state index in [1.165, 1.54) is 6.92 Å². The van der Waals surface area contributed by atoms with Crippen LogP contribution < -0.4 is 5.32 Å². The monoisotopic (exact) mass is 246 g/mol. The molecule has 0 aliphatic rings. The van der Waals surface area contributed by atoms with E-state index in [4.69, 9.17) is 16.7 Å². The van der Waals surface area contributed by atoms with Crippen molar-refractivity contribution in [3.8, 4) is 0 Å². The Labute approximate surface area is 96.6 Å². The molecule has 1 heterocycles. The Balaban J connectivity index is 3.09. The van der Waals surface area contributed by atoms with E-state index in [-0.39, 0.29) is 29.0 Å². The van der Waals surface area contributed by atoms with Crippen LogP contribution in [-0.2, 0) is 0 Å². The molecule has 8 heteroatoms. The summed E-state index contributed by atoms with van der Waals surface area (Å²) in [5.74, 6) is 0.0170. The van der Waals surface area contributed by atoms with Crippen molar-refractivity contribution in [3.63, 3.8) is 0 Å². The summed E-state index contributed by atoms with van der Waals surface area (Å²) in [4.78, 5) is 17.6. The first kappa shape index (κ1) is 12.6. The van der Waals surface area contributed by atoms with Crippen molar-refractivity contribution in [2.45, 2.75) is 20.0 Å². The van der Waals surface area contributed by atoms with E-state index in [2.05, 4.69) is 15.3 Å². The first-order valence-corrected chi connectivity index (χ1v) is 4.90. The summed E-state index contributed by atoms with van der Waals surface area (Å²) in [6.07, 6.45) is -0.645. The minimum absolute atomic E-state index is 0.0170. The first-order valence-electron chi connectivity index (χ1n) is 4.52. The second kappa shape index (κ2) is 5.04. The highest BCUT2D eigenvalue weighted by Gasteiger charge is 2.21. The van der Waals surface area contributed by atoms with E-state index in [9.17, 15) is 10.1 Å². The Kier molecular flexibility index (Phi) is 3.97. The van der Waals surface area contributed by atoms with Crippen molar-refractivity contribution in [2.75, 3.05) is 11.9 Å². The van der Waals surface area contributed by atoms with E-state index in [0.29, 0.717) is 0 Å². The number of aliphatic hydroxyl groups excluding tert-OH is 1. The molecule has 1 aromatic heterocycles. The van der Waals surface area contributed by atoms with E-state index in [0.717, 1.165) is 0 Å². The number of nitrogens with one attached hydrogen (secondary N) is 1. The molecule has 1 unspecified atom stereocenters. The van der Waals surface area contributed by atoms with Crippen molar-refractivity contribution >= 4 is 23.1 Å². The molecule has 88 valence electrons. The number of aliphatic hydroxyl groups is 1. The predicted octanol–water partition coefficient (Wildman–Crippen LogP) is 1.14. The number of hydrogen-bond donors (Lipinski definition) is 2. The maximum Gasteiger partial charge on any atom is 0.332 e. The van der Waals surface area contributed by atoms with Crippen molar-refractivity contribution in [3.05, 3.63) is 21.1 Å². The molecule has 0 amide bonds. The van der Waals surface area contributed by atoms with Crippen LogP contribution in [0.5, 0.6) is 0 Å². The van der Waals surface area contributed by atoms with Gasteiger partial charge < -0.3 is 10.4 Å². The third-order valence-corrected chi connectivity index (χ3v) is 1.95. The van der Waals surface area contributed by atoms with Crippen LogP contribution in [0.15, 0.2) is 0 Å². The van der Waals surface area contributed by atoms with Crippen molar-refractivity contribution in [2.24, 2.45) is 0 Å². The van der Waals surface area contributed by atoms with E-state index < -0.39 is 11.0 Å². The second-order valence-electron chi connectivity index (χ2n) is 3.26. The standard InChI is InChI=1S/C8H11ClN4O3/c1-4(14)3-10-7-6(13(15)16)5(2)11-8(9)12-7/h4,14H,3H2,1-2H3,(H,10,11,12). The molecule has 0 bridgehead atoms. The van der Waals surface area contributed by atoms with Gasteiger partial charge in [0.2, 0.25) is 11.1 Å². The highest BCUT2D eigenvalue weighted by atomic mass is 35.5. The highest BCUT2D eigenvalue weighted by molar-refractivity contribution is 6.28. The molecule has 1 aromatic rings. The van der Waals surface area contributed by atoms with Gasteiger partial charge in [-0.1, -0.05) is 0 Å². The summed E-state index contributed by atoms with van der Waals surface area (Å²) in [5.41, 5.74) is -0.0526. The van der Waals surface area contributed by atoms with Crippen molar-refractivity contribution in [1.29, 1.82) is 0 Å². The summed E-state index contributed by atoms with van der Waals surface area (Å²) in [6, 6.07) is 0. The van der Waals surface area contributed by atoms with Gasteiger partial charge in [-0.25, -0.2) is 4.98 Å². The number of nitro groups is 1. The number of rotatable bonds is 4. The summed E-state index contributed by atoms with van der Waals surface area (Å²) in [7, 11) is 0.